The largest absolute Gasteiger partial charge is 0.468 e. The molecule has 5 nitrogen and oxygen atoms in total. The standard InChI is InChI=1S/C12H24N2O3S/c1-5-6-8(2)14-11(15)9(3)18-7-10(13)12(16)17-4/h8-10H,5-7,13H2,1-4H3,(H,14,15). The number of hydrogen-bond acceptors (Lipinski definition) is 5. The van der Waals surface area contributed by atoms with Gasteiger partial charge >= 0.3 is 5.97 Å². The van der Waals surface area contributed by atoms with Crippen molar-refractivity contribution in [3.05, 3.63) is 0 Å². The lowest BCUT2D eigenvalue weighted by Gasteiger charge is -2.17. The summed E-state index contributed by atoms with van der Waals surface area (Å²) in [6.45, 7) is 5.87. The van der Waals surface area contributed by atoms with E-state index >= 15 is 0 Å². The molecule has 0 aliphatic heterocycles. The van der Waals surface area contributed by atoms with Crippen molar-refractivity contribution in [2.45, 2.75) is 50.9 Å². The van der Waals surface area contributed by atoms with E-state index in [9.17, 15) is 9.59 Å². The molecule has 3 N–H and O–H groups in total. The number of ether oxygens (including phenoxy) is 1. The first-order valence-corrected chi connectivity index (χ1v) is 7.22. The summed E-state index contributed by atoms with van der Waals surface area (Å²) in [7, 11) is 1.30. The third-order valence-corrected chi connectivity index (χ3v) is 3.77. The van der Waals surface area contributed by atoms with Crippen molar-refractivity contribution in [3.63, 3.8) is 0 Å². The molecule has 3 atom stereocenters. The van der Waals surface area contributed by atoms with Crippen molar-refractivity contribution in [3.8, 4) is 0 Å². The second kappa shape index (κ2) is 9.22. The number of amides is 1. The molecule has 3 unspecified atom stereocenters. The van der Waals surface area contributed by atoms with Crippen molar-refractivity contribution in [1.82, 2.24) is 5.32 Å². The van der Waals surface area contributed by atoms with Crippen LogP contribution in [-0.4, -0.2) is 42.1 Å². The number of esters is 1. The molecule has 0 aromatic rings. The number of methoxy groups -OCH3 is 1. The second-order valence-corrected chi connectivity index (χ2v) is 5.68. The summed E-state index contributed by atoms with van der Waals surface area (Å²) in [4.78, 5) is 22.9. The molecule has 0 fully saturated rings. The summed E-state index contributed by atoms with van der Waals surface area (Å²) in [5, 5.41) is 2.71. The predicted molar refractivity (Wildman–Crippen MR) is 74.4 cm³/mol. The summed E-state index contributed by atoms with van der Waals surface area (Å²) >= 11 is 1.36. The summed E-state index contributed by atoms with van der Waals surface area (Å²) in [6, 6.07) is -0.497. The van der Waals surface area contributed by atoms with Gasteiger partial charge < -0.3 is 15.8 Å². The molecule has 0 heterocycles. The van der Waals surface area contributed by atoms with E-state index in [2.05, 4.69) is 17.0 Å². The predicted octanol–water partition coefficient (Wildman–Crippen LogP) is 0.913. The van der Waals surface area contributed by atoms with Crippen LogP contribution in [0.15, 0.2) is 0 Å². The average Bonchev–Trinajstić information content (AvgIpc) is 2.34. The zero-order chi connectivity index (χ0) is 14.1. The number of rotatable bonds is 8. The van der Waals surface area contributed by atoms with Gasteiger partial charge in [0, 0.05) is 11.8 Å². The van der Waals surface area contributed by atoms with Crippen LogP contribution >= 0.6 is 11.8 Å². The minimum absolute atomic E-state index is 0.0157. The lowest BCUT2D eigenvalue weighted by molar-refractivity contribution is -0.141. The summed E-state index contributed by atoms with van der Waals surface area (Å²) in [5.74, 6) is -0.0869. The van der Waals surface area contributed by atoms with Crippen LogP contribution in [0.25, 0.3) is 0 Å². The number of nitrogens with one attached hydrogen (secondary N) is 1. The Bertz CT molecular complexity index is 274. The van der Waals surface area contributed by atoms with E-state index in [1.54, 1.807) is 0 Å². The van der Waals surface area contributed by atoms with Crippen LogP contribution in [0.5, 0.6) is 0 Å². The van der Waals surface area contributed by atoms with E-state index in [1.807, 2.05) is 13.8 Å². The molecule has 0 aromatic heterocycles. The number of nitrogens with two attached hydrogens (primary N) is 1. The first kappa shape index (κ1) is 17.2. The molecule has 0 saturated heterocycles. The van der Waals surface area contributed by atoms with Gasteiger partial charge in [-0.3, -0.25) is 9.59 Å². The van der Waals surface area contributed by atoms with Crippen LogP contribution in [0.2, 0.25) is 0 Å². The van der Waals surface area contributed by atoms with Crippen molar-refractivity contribution in [2.75, 3.05) is 12.9 Å². The van der Waals surface area contributed by atoms with Gasteiger partial charge in [-0.05, 0) is 20.3 Å². The van der Waals surface area contributed by atoms with Gasteiger partial charge in [0.25, 0.3) is 0 Å². The topological polar surface area (TPSA) is 81.4 Å². The molecule has 6 heteroatoms. The first-order chi connectivity index (χ1) is 8.42. The Labute approximate surface area is 113 Å². The van der Waals surface area contributed by atoms with Crippen molar-refractivity contribution >= 4 is 23.6 Å². The number of carbonyl (C=O) groups excluding carboxylic acids is 2. The highest BCUT2D eigenvalue weighted by molar-refractivity contribution is 8.00. The van der Waals surface area contributed by atoms with Gasteiger partial charge in [-0.25, -0.2) is 0 Å². The molecule has 106 valence electrons. The van der Waals surface area contributed by atoms with Crippen LogP contribution in [-0.2, 0) is 14.3 Å². The molecule has 0 spiro atoms. The zero-order valence-corrected chi connectivity index (χ0v) is 12.4. The third-order valence-electron chi connectivity index (χ3n) is 2.51. The Balaban J connectivity index is 3.97. The average molecular weight is 276 g/mol. The fourth-order valence-electron chi connectivity index (χ4n) is 1.41. The Kier molecular flexibility index (Phi) is 8.83. The number of carbonyl (C=O) groups is 2. The summed E-state index contributed by atoms with van der Waals surface area (Å²) in [6.07, 6.45) is 2.00. The van der Waals surface area contributed by atoms with Crippen LogP contribution in [0.3, 0.4) is 0 Å². The molecule has 1 amide bonds. The van der Waals surface area contributed by atoms with Gasteiger partial charge in [-0.2, -0.15) is 0 Å². The molecule has 18 heavy (non-hydrogen) atoms. The van der Waals surface area contributed by atoms with Gasteiger partial charge in [0.2, 0.25) is 5.91 Å². The fraction of sp³-hybridized carbons (Fsp3) is 0.833. The lowest BCUT2D eigenvalue weighted by Crippen LogP contribution is -2.39. The van der Waals surface area contributed by atoms with Crippen LogP contribution in [0.1, 0.15) is 33.6 Å². The molecule has 0 aliphatic carbocycles. The fourth-order valence-corrected chi connectivity index (χ4v) is 2.26. The molecule has 0 radical (unpaired) electrons. The van der Waals surface area contributed by atoms with Crippen molar-refractivity contribution < 1.29 is 14.3 Å². The molecule has 0 rings (SSSR count). The van der Waals surface area contributed by atoms with Crippen molar-refractivity contribution in [2.24, 2.45) is 5.73 Å². The first-order valence-electron chi connectivity index (χ1n) is 6.17. The molecular weight excluding hydrogens is 252 g/mol. The SMILES string of the molecule is CCCC(C)NC(=O)C(C)SCC(N)C(=O)OC. The molecule has 0 aliphatic rings. The molecule has 0 aromatic carbocycles. The number of thioether (sulfide) groups is 1. The van der Waals surface area contributed by atoms with E-state index < -0.39 is 12.0 Å². The molecule has 0 bridgehead atoms. The minimum atomic E-state index is -0.677. The van der Waals surface area contributed by atoms with Gasteiger partial charge in [0.1, 0.15) is 6.04 Å². The van der Waals surface area contributed by atoms with Gasteiger partial charge in [0.15, 0.2) is 0 Å². The van der Waals surface area contributed by atoms with Gasteiger partial charge in [0.05, 0.1) is 12.4 Å². The van der Waals surface area contributed by atoms with Crippen LogP contribution in [0, 0.1) is 0 Å². The highest BCUT2D eigenvalue weighted by Crippen LogP contribution is 2.12. The lowest BCUT2D eigenvalue weighted by atomic mass is 10.2. The van der Waals surface area contributed by atoms with E-state index in [1.165, 1.54) is 18.9 Å². The molecule has 0 saturated carbocycles. The quantitative estimate of drug-likeness (QED) is 0.644. The Morgan fingerprint density at radius 2 is 2.00 bits per heavy atom. The zero-order valence-electron chi connectivity index (χ0n) is 11.6. The van der Waals surface area contributed by atoms with E-state index in [0.29, 0.717) is 5.75 Å². The maximum atomic E-state index is 11.8. The van der Waals surface area contributed by atoms with Gasteiger partial charge in [-0.1, -0.05) is 13.3 Å². The summed E-state index contributed by atoms with van der Waals surface area (Å²) in [5.41, 5.74) is 5.60. The van der Waals surface area contributed by atoms with Crippen LogP contribution in [0.4, 0.5) is 0 Å². The van der Waals surface area contributed by atoms with E-state index in [0.717, 1.165) is 12.8 Å². The monoisotopic (exact) mass is 276 g/mol. The summed E-state index contributed by atoms with van der Waals surface area (Å²) < 4.78 is 4.52. The maximum absolute atomic E-state index is 11.8. The van der Waals surface area contributed by atoms with Gasteiger partial charge in [-0.15, -0.1) is 11.8 Å². The number of hydrogen-bond donors (Lipinski definition) is 2. The Morgan fingerprint density at radius 1 is 1.39 bits per heavy atom. The van der Waals surface area contributed by atoms with Crippen LogP contribution < -0.4 is 11.1 Å². The highest BCUT2D eigenvalue weighted by atomic mass is 32.2. The smallest absolute Gasteiger partial charge is 0.323 e. The van der Waals surface area contributed by atoms with Crippen molar-refractivity contribution in [1.29, 1.82) is 0 Å². The second-order valence-electron chi connectivity index (χ2n) is 4.30. The minimum Gasteiger partial charge on any atom is -0.468 e. The normalized spacial score (nSPS) is 15.6. The maximum Gasteiger partial charge on any atom is 0.323 e. The highest BCUT2D eigenvalue weighted by Gasteiger charge is 2.19. The van der Waals surface area contributed by atoms with E-state index in [4.69, 9.17) is 5.73 Å². The molecular formula is C12H24N2O3S. The Morgan fingerprint density at radius 3 is 2.50 bits per heavy atom. The third kappa shape index (κ3) is 6.86. The Hall–Kier alpha value is -0.750. The van der Waals surface area contributed by atoms with E-state index in [-0.39, 0.29) is 17.2 Å².